The quantitative estimate of drug-likeness (QED) is 0.405. The van der Waals surface area contributed by atoms with Gasteiger partial charge in [-0.05, 0) is 78.9 Å². The van der Waals surface area contributed by atoms with E-state index in [-0.39, 0.29) is 12.5 Å². The summed E-state index contributed by atoms with van der Waals surface area (Å²) in [4.78, 5) is 16.9. The maximum Gasteiger partial charge on any atom is 0.262 e. The number of carbonyl (C=O) groups excluding carboxylic acids is 1. The van der Waals surface area contributed by atoms with Gasteiger partial charge in [0.25, 0.3) is 5.91 Å². The molecule has 0 spiro atoms. The Morgan fingerprint density at radius 2 is 1.77 bits per heavy atom. The number of oxazole rings is 1. The van der Waals surface area contributed by atoms with Gasteiger partial charge in [-0.25, -0.2) is 4.98 Å². The molecule has 0 aliphatic carbocycles. The van der Waals surface area contributed by atoms with E-state index in [1.165, 1.54) is 16.7 Å². The monoisotopic (exact) mass is 414 g/mol. The summed E-state index contributed by atoms with van der Waals surface area (Å²) in [6.07, 6.45) is 0. The topological polar surface area (TPSA) is 64.4 Å². The van der Waals surface area contributed by atoms with E-state index in [1.54, 1.807) is 12.1 Å². The lowest BCUT2D eigenvalue weighted by Crippen LogP contribution is -2.20. The Morgan fingerprint density at radius 1 is 1.00 bits per heavy atom. The number of hydrogen-bond donors (Lipinski definition) is 1. The first kappa shape index (κ1) is 20.7. The lowest BCUT2D eigenvalue weighted by Gasteiger charge is -2.09. The van der Waals surface area contributed by atoms with Crippen LogP contribution in [0.3, 0.4) is 0 Å². The SMILES string of the molecule is Cc1ccc(-c2nc3cc(NC(=O)COc4ccc(C(C)C)cc4)ccc3o2)cc1C. The Hall–Kier alpha value is -3.60. The molecule has 0 saturated heterocycles. The first-order valence-corrected chi connectivity index (χ1v) is 10.4. The van der Waals surface area contributed by atoms with Crippen molar-refractivity contribution in [2.24, 2.45) is 0 Å². The third-order valence-corrected chi connectivity index (χ3v) is 5.34. The fraction of sp³-hybridized carbons (Fsp3) is 0.231. The van der Waals surface area contributed by atoms with E-state index in [0.717, 1.165) is 5.56 Å². The predicted octanol–water partition coefficient (Wildman–Crippen LogP) is 6.25. The maximum atomic E-state index is 12.3. The van der Waals surface area contributed by atoms with Crippen LogP contribution in [0.1, 0.15) is 36.5 Å². The number of fused-ring (bicyclic) bond motifs is 1. The van der Waals surface area contributed by atoms with Crippen LogP contribution in [-0.4, -0.2) is 17.5 Å². The summed E-state index contributed by atoms with van der Waals surface area (Å²) < 4.78 is 11.5. The molecule has 0 unspecified atom stereocenters. The van der Waals surface area contributed by atoms with Gasteiger partial charge in [0.15, 0.2) is 12.2 Å². The van der Waals surface area contributed by atoms with Crippen molar-refractivity contribution in [2.45, 2.75) is 33.6 Å². The maximum absolute atomic E-state index is 12.3. The smallest absolute Gasteiger partial charge is 0.262 e. The molecule has 1 amide bonds. The van der Waals surface area contributed by atoms with Crippen molar-refractivity contribution < 1.29 is 13.9 Å². The molecule has 31 heavy (non-hydrogen) atoms. The molecule has 0 aliphatic heterocycles. The summed E-state index contributed by atoms with van der Waals surface area (Å²) in [6, 6.07) is 19.3. The van der Waals surface area contributed by atoms with E-state index in [1.807, 2.05) is 36.4 Å². The van der Waals surface area contributed by atoms with E-state index in [4.69, 9.17) is 9.15 Å². The van der Waals surface area contributed by atoms with Crippen molar-refractivity contribution in [3.63, 3.8) is 0 Å². The van der Waals surface area contributed by atoms with Crippen LogP contribution < -0.4 is 10.1 Å². The fourth-order valence-corrected chi connectivity index (χ4v) is 3.30. The van der Waals surface area contributed by atoms with Gasteiger partial charge >= 0.3 is 0 Å². The number of carbonyl (C=O) groups is 1. The molecule has 0 aliphatic rings. The third-order valence-electron chi connectivity index (χ3n) is 5.34. The van der Waals surface area contributed by atoms with Crippen molar-refractivity contribution in [1.29, 1.82) is 0 Å². The summed E-state index contributed by atoms with van der Waals surface area (Å²) in [5, 5.41) is 2.85. The normalized spacial score (nSPS) is 11.1. The second kappa shape index (κ2) is 8.64. The van der Waals surface area contributed by atoms with Crippen LogP contribution in [0.25, 0.3) is 22.6 Å². The summed E-state index contributed by atoms with van der Waals surface area (Å²) in [5.41, 5.74) is 6.59. The minimum absolute atomic E-state index is 0.0637. The van der Waals surface area contributed by atoms with E-state index >= 15 is 0 Å². The summed E-state index contributed by atoms with van der Waals surface area (Å²) in [6.45, 7) is 8.35. The fourth-order valence-electron chi connectivity index (χ4n) is 3.30. The lowest BCUT2D eigenvalue weighted by molar-refractivity contribution is -0.118. The number of ether oxygens (including phenoxy) is 1. The number of nitrogens with zero attached hydrogens (tertiary/aromatic N) is 1. The number of nitrogens with one attached hydrogen (secondary N) is 1. The number of benzene rings is 3. The molecule has 5 heteroatoms. The minimum Gasteiger partial charge on any atom is -0.484 e. The third kappa shape index (κ3) is 4.77. The van der Waals surface area contributed by atoms with Crippen LogP contribution >= 0.6 is 0 Å². The van der Waals surface area contributed by atoms with Crippen molar-refractivity contribution in [3.05, 3.63) is 77.4 Å². The summed E-state index contributed by atoms with van der Waals surface area (Å²) in [5.74, 6) is 1.46. The molecule has 0 radical (unpaired) electrons. The van der Waals surface area contributed by atoms with Crippen molar-refractivity contribution in [1.82, 2.24) is 4.98 Å². The molecule has 0 atom stereocenters. The largest absolute Gasteiger partial charge is 0.484 e. The number of rotatable bonds is 6. The number of hydrogen-bond acceptors (Lipinski definition) is 4. The van der Waals surface area contributed by atoms with Crippen LogP contribution in [0.4, 0.5) is 5.69 Å². The first-order valence-electron chi connectivity index (χ1n) is 10.4. The highest BCUT2D eigenvalue weighted by Crippen LogP contribution is 2.27. The zero-order valence-corrected chi connectivity index (χ0v) is 18.2. The highest BCUT2D eigenvalue weighted by molar-refractivity contribution is 5.94. The predicted molar refractivity (Wildman–Crippen MR) is 124 cm³/mol. The van der Waals surface area contributed by atoms with Crippen LogP contribution in [0.2, 0.25) is 0 Å². The van der Waals surface area contributed by atoms with Crippen LogP contribution in [0.5, 0.6) is 5.75 Å². The number of aromatic nitrogens is 1. The molecule has 158 valence electrons. The second-order valence-corrected chi connectivity index (χ2v) is 8.06. The van der Waals surface area contributed by atoms with E-state index < -0.39 is 0 Å². The molecule has 4 aromatic rings. The first-order chi connectivity index (χ1) is 14.9. The van der Waals surface area contributed by atoms with Crippen LogP contribution in [0.15, 0.2) is 65.1 Å². The van der Waals surface area contributed by atoms with Gasteiger partial charge in [0.05, 0.1) is 0 Å². The molecular weight excluding hydrogens is 388 g/mol. The molecule has 0 saturated carbocycles. The molecular formula is C26H26N2O3. The number of amides is 1. The average Bonchev–Trinajstić information content (AvgIpc) is 3.18. The molecule has 1 heterocycles. The number of aryl methyl sites for hydroxylation is 2. The Labute approximate surface area is 182 Å². The molecule has 1 aromatic heterocycles. The molecule has 4 rings (SSSR count). The Balaban J connectivity index is 1.42. The Morgan fingerprint density at radius 3 is 2.48 bits per heavy atom. The zero-order valence-electron chi connectivity index (χ0n) is 18.2. The van der Waals surface area contributed by atoms with Crippen molar-refractivity contribution in [3.8, 4) is 17.2 Å². The van der Waals surface area contributed by atoms with Gasteiger partial charge in [-0.3, -0.25) is 4.79 Å². The van der Waals surface area contributed by atoms with Crippen molar-refractivity contribution >= 4 is 22.7 Å². The molecule has 0 fully saturated rings. The average molecular weight is 415 g/mol. The van der Waals surface area contributed by atoms with Gasteiger partial charge in [0.1, 0.15) is 11.3 Å². The van der Waals surface area contributed by atoms with Gasteiger partial charge in [-0.15, -0.1) is 0 Å². The van der Waals surface area contributed by atoms with E-state index in [9.17, 15) is 4.79 Å². The van der Waals surface area contributed by atoms with E-state index in [0.29, 0.717) is 34.3 Å². The summed E-state index contributed by atoms with van der Waals surface area (Å²) >= 11 is 0. The highest BCUT2D eigenvalue weighted by Gasteiger charge is 2.11. The van der Waals surface area contributed by atoms with Gasteiger partial charge in [-0.1, -0.05) is 32.0 Å². The molecule has 0 bridgehead atoms. The van der Waals surface area contributed by atoms with Crippen LogP contribution in [0, 0.1) is 13.8 Å². The Bertz CT molecular complexity index is 1220. The standard InChI is InChI=1S/C26H26N2O3/c1-16(2)19-7-10-22(11-8-19)30-15-25(29)27-21-9-12-24-23(14-21)28-26(31-24)20-6-5-17(3)18(4)13-20/h5-14,16H,15H2,1-4H3,(H,27,29). The zero-order chi connectivity index (χ0) is 22.0. The summed E-state index contributed by atoms with van der Waals surface area (Å²) in [7, 11) is 0. The van der Waals surface area contributed by atoms with Crippen LogP contribution in [-0.2, 0) is 4.79 Å². The number of anilines is 1. The van der Waals surface area contributed by atoms with Gasteiger partial charge in [0.2, 0.25) is 5.89 Å². The van der Waals surface area contributed by atoms with Gasteiger partial charge < -0.3 is 14.5 Å². The highest BCUT2D eigenvalue weighted by atomic mass is 16.5. The minimum atomic E-state index is -0.231. The Kier molecular flexibility index (Phi) is 5.76. The van der Waals surface area contributed by atoms with Crippen molar-refractivity contribution in [2.75, 3.05) is 11.9 Å². The molecule has 1 N–H and O–H groups in total. The van der Waals surface area contributed by atoms with E-state index in [2.05, 4.69) is 50.1 Å². The lowest BCUT2D eigenvalue weighted by atomic mass is 10.0. The van der Waals surface area contributed by atoms with Gasteiger partial charge in [0, 0.05) is 11.3 Å². The van der Waals surface area contributed by atoms with Gasteiger partial charge in [-0.2, -0.15) is 0 Å². The molecule has 3 aromatic carbocycles. The second-order valence-electron chi connectivity index (χ2n) is 8.06. The molecule has 5 nitrogen and oxygen atoms in total.